The van der Waals surface area contributed by atoms with E-state index in [4.69, 9.17) is 16.0 Å². The molecule has 1 fully saturated rings. The van der Waals surface area contributed by atoms with Crippen LogP contribution in [0.5, 0.6) is 0 Å². The largest absolute Gasteiger partial charge is 0.434 e. The molecule has 1 aromatic heterocycles. The fourth-order valence-corrected chi connectivity index (χ4v) is 5.17. The van der Waals surface area contributed by atoms with Crippen LogP contribution >= 0.6 is 11.6 Å². The van der Waals surface area contributed by atoms with E-state index in [0.29, 0.717) is 32.6 Å². The fraction of sp³-hybridized carbons (Fsp3) is 0.500. The van der Waals surface area contributed by atoms with Crippen LogP contribution in [0, 0.1) is 0 Å². The van der Waals surface area contributed by atoms with Gasteiger partial charge in [0.2, 0.25) is 15.9 Å². The van der Waals surface area contributed by atoms with E-state index in [1.807, 2.05) is 0 Å². The van der Waals surface area contributed by atoms with Gasteiger partial charge in [-0.1, -0.05) is 25.4 Å². The topological polar surface area (TPSA) is 117 Å². The summed E-state index contributed by atoms with van der Waals surface area (Å²) >= 11 is 6.23. The van der Waals surface area contributed by atoms with Crippen LogP contribution in [0.3, 0.4) is 0 Å². The third kappa shape index (κ3) is 4.39. The van der Waals surface area contributed by atoms with Gasteiger partial charge in [-0.3, -0.25) is 4.79 Å². The van der Waals surface area contributed by atoms with Gasteiger partial charge in [0.1, 0.15) is 0 Å². The Morgan fingerprint density at radius 2 is 2.10 bits per heavy atom. The number of likely N-dealkylation sites (tertiary alicyclic amines) is 1. The zero-order valence-corrected chi connectivity index (χ0v) is 17.8. The third-order valence-electron chi connectivity index (χ3n) is 5.02. The number of rotatable bonds is 6. The summed E-state index contributed by atoms with van der Waals surface area (Å²) in [6, 6.07) is 4.17. The van der Waals surface area contributed by atoms with Crippen LogP contribution in [-0.4, -0.2) is 59.9 Å². The Balaban J connectivity index is 1.88. The van der Waals surface area contributed by atoms with Crippen molar-refractivity contribution >= 4 is 27.5 Å². The monoisotopic (exact) mass is 442 g/mol. The lowest BCUT2D eigenvalue weighted by atomic mass is 9.97. The molecule has 1 atom stereocenters. The quantitative estimate of drug-likeness (QED) is 0.731. The number of benzene rings is 1. The van der Waals surface area contributed by atoms with Crippen molar-refractivity contribution in [3.63, 3.8) is 0 Å². The van der Waals surface area contributed by atoms with Gasteiger partial charge in [0.15, 0.2) is 0 Å². The molecule has 2 aromatic rings. The van der Waals surface area contributed by atoms with Crippen molar-refractivity contribution < 1.29 is 17.6 Å². The third-order valence-corrected chi connectivity index (χ3v) is 7.40. The van der Waals surface area contributed by atoms with E-state index >= 15 is 0 Å². The Morgan fingerprint density at radius 3 is 2.72 bits per heavy atom. The number of carbonyl (C=O) groups excluding carboxylic acids is 1. The number of sulfonamides is 1. The van der Waals surface area contributed by atoms with Crippen molar-refractivity contribution in [2.45, 2.75) is 37.5 Å². The predicted molar refractivity (Wildman–Crippen MR) is 107 cm³/mol. The molecule has 9 nitrogen and oxygen atoms in total. The minimum Gasteiger partial charge on any atom is -0.392 e. The molecule has 0 radical (unpaired) electrons. The van der Waals surface area contributed by atoms with Gasteiger partial charge in [0.25, 0.3) is 5.91 Å². The van der Waals surface area contributed by atoms with Gasteiger partial charge in [-0.2, -0.15) is 4.31 Å². The molecular weight excluding hydrogens is 420 g/mol. The van der Waals surface area contributed by atoms with Gasteiger partial charge in [-0.15, -0.1) is 5.10 Å². The molecule has 2 heterocycles. The highest BCUT2D eigenvalue weighted by molar-refractivity contribution is 7.89. The molecule has 1 N–H and O–H groups in total. The molecule has 1 aliphatic heterocycles. The van der Waals surface area contributed by atoms with E-state index in [1.165, 1.54) is 22.5 Å². The maximum atomic E-state index is 13.1. The number of nitrogens with zero attached hydrogens (tertiary/aromatic N) is 3. The number of piperidine rings is 1. The van der Waals surface area contributed by atoms with Crippen molar-refractivity contribution in [3.05, 3.63) is 45.2 Å². The van der Waals surface area contributed by atoms with Crippen molar-refractivity contribution in [2.24, 2.45) is 0 Å². The van der Waals surface area contributed by atoms with Gasteiger partial charge < -0.3 is 9.32 Å². The zero-order chi connectivity index (χ0) is 21.2. The van der Waals surface area contributed by atoms with E-state index in [2.05, 4.69) is 10.2 Å². The van der Waals surface area contributed by atoms with Gasteiger partial charge in [0, 0.05) is 26.2 Å². The number of hydrogen-bond donors (Lipinski definition) is 1. The van der Waals surface area contributed by atoms with Crippen LogP contribution in [0.2, 0.25) is 5.02 Å². The summed E-state index contributed by atoms with van der Waals surface area (Å²) in [5.41, 5.74) is 0.129. The first-order valence-electron chi connectivity index (χ1n) is 9.42. The second-order valence-electron chi connectivity index (χ2n) is 6.77. The zero-order valence-electron chi connectivity index (χ0n) is 16.2. The molecule has 1 amide bonds. The number of aromatic nitrogens is 2. The van der Waals surface area contributed by atoms with Gasteiger partial charge in [-0.05, 0) is 31.0 Å². The molecule has 1 aromatic carbocycles. The standard InChI is InChI=1S/C18H23ClN4O5S/c1-3-23(4-2)29(26,27)13-7-8-15(19)14(10-13)17(24)22-9-5-6-12(11-22)16-20-21-18(25)28-16/h7-8,10,12H,3-6,9,11H2,1-2H3,(H,21,25). The molecule has 29 heavy (non-hydrogen) atoms. The first-order chi connectivity index (χ1) is 13.8. The number of H-pyrrole nitrogens is 1. The molecule has 1 unspecified atom stereocenters. The Morgan fingerprint density at radius 1 is 1.38 bits per heavy atom. The Bertz CT molecular complexity index is 1040. The first-order valence-corrected chi connectivity index (χ1v) is 11.2. The van der Waals surface area contributed by atoms with E-state index in [0.717, 1.165) is 6.42 Å². The van der Waals surface area contributed by atoms with E-state index in [-0.39, 0.29) is 33.2 Å². The molecule has 0 saturated carbocycles. The van der Waals surface area contributed by atoms with Crippen molar-refractivity contribution in [2.75, 3.05) is 26.2 Å². The van der Waals surface area contributed by atoms with Crippen molar-refractivity contribution in [3.8, 4) is 0 Å². The average Bonchev–Trinajstić information content (AvgIpc) is 3.15. The number of aromatic amines is 1. The van der Waals surface area contributed by atoms with Gasteiger partial charge >= 0.3 is 5.76 Å². The maximum Gasteiger partial charge on any atom is 0.434 e. The van der Waals surface area contributed by atoms with Crippen LogP contribution in [0.15, 0.2) is 32.3 Å². The fourth-order valence-electron chi connectivity index (χ4n) is 3.49. The summed E-state index contributed by atoms with van der Waals surface area (Å²) in [6.45, 7) is 4.96. The minimum absolute atomic E-state index is 0.0285. The highest BCUT2D eigenvalue weighted by Gasteiger charge is 2.30. The lowest BCUT2D eigenvalue weighted by molar-refractivity contribution is 0.0697. The molecule has 0 spiro atoms. The minimum atomic E-state index is -3.72. The number of hydrogen-bond acceptors (Lipinski definition) is 6. The van der Waals surface area contributed by atoms with Gasteiger partial charge in [-0.25, -0.2) is 18.3 Å². The van der Waals surface area contributed by atoms with Gasteiger partial charge in [0.05, 0.1) is 21.4 Å². The molecule has 1 aliphatic rings. The summed E-state index contributed by atoms with van der Waals surface area (Å²) in [6.07, 6.45) is 1.42. The highest BCUT2D eigenvalue weighted by atomic mass is 35.5. The van der Waals surface area contributed by atoms with Crippen LogP contribution in [-0.2, 0) is 10.0 Å². The van der Waals surface area contributed by atoms with Crippen molar-refractivity contribution in [1.29, 1.82) is 0 Å². The Hall–Kier alpha value is -2.17. The number of carbonyl (C=O) groups is 1. The lowest BCUT2D eigenvalue weighted by Gasteiger charge is -2.31. The van der Waals surface area contributed by atoms with Crippen LogP contribution in [0.25, 0.3) is 0 Å². The molecule has 3 rings (SSSR count). The molecule has 11 heteroatoms. The maximum absolute atomic E-state index is 13.1. The molecule has 158 valence electrons. The number of nitrogens with one attached hydrogen (secondary N) is 1. The second kappa shape index (κ2) is 8.68. The van der Waals surface area contributed by atoms with E-state index in [1.54, 1.807) is 18.7 Å². The van der Waals surface area contributed by atoms with Crippen LogP contribution in [0.1, 0.15) is 48.9 Å². The number of halogens is 1. The lowest BCUT2D eigenvalue weighted by Crippen LogP contribution is -2.39. The molecule has 1 saturated heterocycles. The second-order valence-corrected chi connectivity index (χ2v) is 9.12. The van der Waals surface area contributed by atoms with Crippen molar-refractivity contribution in [1.82, 2.24) is 19.4 Å². The number of amides is 1. The molecule has 0 aliphatic carbocycles. The average molecular weight is 443 g/mol. The predicted octanol–water partition coefficient (Wildman–Crippen LogP) is 2.07. The summed E-state index contributed by atoms with van der Waals surface area (Å²) in [4.78, 5) is 25.9. The molecule has 0 bridgehead atoms. The molecular formula is C18H23ClN4O5S. The SMILES string of the molecule is CCN(CC)S(=O)(=O)c1ccc(Cl)c(C(=O)N2CCCC(c3n[nH]c(=O)o3)C2)c1. The summed E-state index contributed by atoms with van der Waals surface area (Å²) in [5.74, 6) is -0.959. The normalized spacial score (nSPS) is 17.7. The van der Waals surface area contributed by atoms with Crippen LogP contribution < -0.4 is 5.76 Å². The smallest absolute Gasteiger partial charge is 0.392 e. The summed E-state index contributed by atoms with van der Waals surface area (Å²) in [7, 11) is -3.72. The Labute approximate surface area is 173 Å². The summed E-state index contributed by atoms with van der Waals surface area (Å²) < 4.78 is 31.9. The van der Waals surface area contributed by atoms with E-state index in [9.17, 15) is 18.0 Å². The van der Waals surface area contributed by atoms with E-state index < -0.39 is 15.8 Å². The summed E-state index contributed by atoms with van der Waals surface area (Å²) in [5, 5.41) is 6.27. The highest BCUT2D eigenvalue weighted by Crippen LogP contribution is 2.29. The first kappa shape index (κ1) is 21.5. The Kier molecular flexibility index (Phi) is 6.45. The van der Waals surface area contributed by atoms with Crippen LogP contribution in [0.4, 0.5) is 0 Å².